The standard InChI is InChI=1S/C16H18ClNO2S/c1-16(2,3)15-18-11(8-21-15)14-7-12(19)10-6-9(17)4-5-13(10)20-14/h4-6,8,12,14,19H,7H2,1-3H3/t12-,14?/m1/s1. The maximum absolute atomic E-state index is 10.3. The summed E-state index contributed by atoms with van der Waals surface area (Å²) in [7, 11) is 0. The van der Waals surface area contributed by atoms with E-state index in [0.29, 0.717) is 17.2 Å². The first-order valence-electron chi connectivity index (χ1n) is 6.94. The summed E-state index contributed by atoms with van der Waals surface area (Å²) in [4.78, 5) is 4.69. The summed E-state index contributed by atoms with van der Waals surface area (Å²) in [6, 6.07) is 5.35. The molecule has 2 atom stereocenters. The van der Waals surface area contributed by atoms with Crippen LogP contribution in [0.5, 0.6) is 5.75 Å². The fraction of sp³-hybridized carbons (Fsp3) is 0.438. The third-order valence-corrected chi connectivity index (χ3v) is 5.05. The molecule has 1 aromatic carbocycles. The van der Waals surface area contributed by atoms with Gasteiger partial charge in [0.25, 0.3) is 0 Å². The van der Waals surface area contributed by atoms with Crippen LogP contribution in [0.15, 0.2) is 23.6 Å². The molecule has 1 aromatic heterocycles. The van der Waals surface area contributed by atoms with Crippen molar-refractivity contribution in [1.82, 2.24) is 4.98 Å². The maximum atomic E-state index is 10.3. The molecule has 0 saturated carbocycles. The lowest BCUT2D eigenvalue weighted by molar-refractivity contribution is 0.0639. The summed E-state index contributed by atoms with van der Waals surface area (Å²) in [5, 5.41) is 14.0. The predicted octanol–water partition coefficient (Wildman–Crippen LogP) is 4.65. The Morgan fingerprint density at radius 1 is 1.38 bits per heavy atom. The number of halogens is 1. The van der Waals surface area contributed by atoms with Crippen molar-refractivity contribution in [1.29, 1.82) is 0 Å². The van der Waals surface area contributed by atoms with Crippen LogP contribution in [0.4, 0.5) is 0 Å². The lowest BCUT2D eigenvalue weighted by atomic mass is 9.97. The Labute approximate surface area is 133 Å². The molecule has 112 valence electrons. The van der Waals surface area contributed by atoms with E-state index in [1.807, 2.05) is 11.4 Å². The number of hydrogen-bond donors (Lipinski definition) is 1. The molecule has 0 saturated heterocycles. The molecule has 0 aliphatic carbocycles. The first-order valence-corrected chi connectivity index (χ1v) is 8.20. The van der Waals surface area contributed by atoms with E-state index < -0.39 is 6.10 Å². The summed E-state index contributed by atoms with van der Waals surface area (Å²) in [6.45, 7) is 6.43. The molecular weight excluding hydrogens is 306 g/mol. The number of rotatable bonds is 1. The van der Waals surface area contributed by atoms with Crippen molar-refractivity contribution in [3.05, 3.63) is 44.9 Å². The van der Waals surface area contributed by atoms with E-state index in [9.17, 15) is 5.11 Å². The first-order chi connectivity index (χ1) is 9.84. The number of benzene rings is 1. The molecule has 0 amide bonds. The van der Waals surface area contributed by atoms with Crippen LogP contribution in [-0.2, 0) is 5.41 Å². The molecule has 0 spiro atoms. The third-order valence-electron chi connectivity index (χ3n) is 3.53. The molecule has 3 nitrogen and oxygen atoms in total. The van der Waals surface area contributed by atoms with Crippen molar-refractivity contribution in [3.63, 3.8) is 0 Å². The highest BCUT2D eigenvalue weighted by atomic mass is 35.5. The second-order valence-electron chi connectivity index (χ2n) is 6.37. The van der Waals surface area contributed by atoms with Crippen molar-refractivity contribution in [2.75, 3.05) is 0 Å². The van der Waals surface area contributed by atoms with E-state index in [1.54, 1.807) is 23.5 Å². The number of fused-ring (bicyclic) bond motifs is 1. The van der Waals surface area contributed by atoms with Crippen LogP contribution in [-0.4, -0.2) is 10.1 Å². The van der Waals surface area contributed by atoms with Gasteiger partial charge in [-0.25, -0.2) is 4.98 Å². The van der Waals surface area contributed by atoms with Gasteiger partial charge in [0.05, 0.1) is 16.8 Å². The molecular formula is C16H18ClNO2S. The zero-order chi connectivity index (χ0) is 15.2. The minimum atomic E-state index is -0.572. The molecule has 0 bridgehead atoms. The summed E-state index contributed by atoms with van der Waals surface area (Å²) in [5.74, 6) is 0.688. The van der Waals surface area contributed by atoms with Crippen LogP contribution < -0.4 is 4.74 Å². The molecule has 1 N–H and O–H groups in total. The average molecular weight is 324 g/mol. The molecule has 2 aromatic rings. The number of aromatic nitrogens is 1. The van der Waals surface area contributed by atoms with Crippen molar-refractivity contribution in [3.8, 4) is 5.75 Å². The molecule has 0 radical (unpaired) electrons. The SMILES string of the molecule is CC(C)(C)c1nc(C2C[C@@H](O)c3cc(Cl)ccc3O2)cs1. The van der Waals surface area contributed by atoms with Gasteiger partial charge in [-0.15, -0.1) is 11.3 Å². The number of thiazole rings is 1. The van der Waals surface area contributed by atoms with Gasteiger partial charge in [0.1, 0.15) is 11.9 Å². The smallest absolute Gasteiger partial charge is 0.144 e. The number of hydrogen-bond acceptors (Lipinski definition) is 4. The normalized spacial score (nSPS) is 21.8. The van der Waals surface area contributed by atoms with Gasteiger partial charge in [0.15, 0.2) is 0 Å². The van der Waals surface area contributed by atoms with Crippen LogP contribution in [0.2, 0.25) is 5.02 Å². The zero-order valence-electron chi connectivity index (χ0n) is 12.3. The Kier molecular flexibility index (Phi) is 3.72. The highest BCUT2D eigenvalue weighted by Gasteiger charge is 2.30. The molecule has 1 aliphatic heterocycles. The fourth-order valence-electron chi connectivity index (χ4n) is 2.38. The Hall–Kier alpha value is -1.10. The number of ether oxygens (including phenoxy) is 1. The number of aliphatic hydroxyl groups is 1. The minimum Gasteiger partial charge on any atom is -0.484 e. The Morgan fingerprint density at radius 3 is 2.81 bits per heavy atom. The van der Waals surface area contributed by atoms with Crippen LogP contribution in [0, 0.1) is 0 Å². The quantitative estimate of drug-likeness (QED) is 0.830. The van der Waals surface area contributed by atoms with E-state index in [1.165, 1.54) is 0 Å². The molecule has 1 unspecified atom stereocenters. The monoisotopic (exact) mass is 323 g/mol. The molecule has 1 aliphatic rings. The van der Waals surface area contributed by atoms with Gasteiger partial charge in [-0.1, -0.05) is 32.4 Å². The summed E-state index contributed by atoms with van der Waals surface area (Å²) in [6.07, 6.45) is -0.279. The first kappa shape index (κ1) is 14.8. The lowest BCUT2D eigenvalue weighted by Gasteiger charge is -2.28. The number of nitrogens with zero attached hydrogens (tertiary/aromatic N) is 1. The Bertz CT molecular complexity index is 663. The van der Waals surface area contributed by atoms with Gasteiger partial charge >= 0.3 is 0 Å². The van der Waals surface area contributed by atoms with Crippen molar-refractivity contribution >= 4 is 22.9 Å². The highest BCUT2D eigenvalue weighted by molar-refractivity contribution is 7.09. The van der Waals surface area contributed by atoms with Gasteiger partial charge in [-0.3, -0.25) is 0 Å². The van der Waals surface area contributed by atoms with E-state index in [-0.39, 0.29) is 11.5 Å². The second kappa shape index (κ2) is 5.27. The highest BCUT2D eigenvalue weighted by Crippen LogP contribution is 2.42. The van der Waals surface area contributed by atoms with Crippen LogP contribution in [0.25, 0.3) is 0 Å². The molecule has 2 heterocycles. The summed E-state index contributed by atoms with van der Waals surface area (Å²) >= 11 is 7.61. The summed E-state index contributed by atoms with van der Waals surface area (Å²) in [5.41, 5.74) is 1.68. The predicted molar refractivity (Wildman–Crippen MR) is 85.2 cm³/mol. The van der Waals surface area contributed by atoms with E-state index in [4.69, 9.17) is 16.3 Å². The van der Waals surface area contributed by atoms with Crippen LogP contribution in [0.1, 0.15) is 55.7 Å². The topological polar surface area (TPSA) is 42.4 Å². The van der Waals surface area contributed by atoms with Crippen molar-refractivity contribution < 1.29 is 9.84 Å². The Balaban J connectivity index is 1.89. The average Bonchev–Trinajstić information content (AvgIpc) is 2.89. The van der Waals surface area contributed by atoms with E-state index in [2.05, 4.69) is 25.8 Å². The van der Waals surface area contributed by atoms with E-state index >= 15 is 0 Å². The number of aliphatic hydroxyl groups excluding tert-OH is 1. The zero-order valence-corrected chi connectivity index (χ0v) is 13.8. The summed E-state index contributed by atoms with van der Waals surface area (Å²) < 4.78 is 5.99. The minimum absolute atomic E-state index is 0.0294. The van der Waals surface area contributed by atoms with Gasteiger partial charge in [0, 0.05) is 27.8 Å². The van der Waals surface area contributed by atoms with Crippen molar-refractivity contribution in [2.24, 2.45) is 0 Å². The lowest BCUT2D eigenvalue weighted by Crippen LogP contribution is -2.20. The second-order valence-corrected chi connectivity index (χ2v) is 7.66. The molecule has 3 rings (SSSR count). The van der Waals surface area contributed by atoms with Gasteiger partial charge in [-0.2, -0.15) is 0 Å². The molecule has 5 heteroatoms. The third kappa shape index (κ3) is 2.93. The largest absolute Gasteiger partial charge is 0.484 e. The Morgan fingerprint density at radius 2 is 2.14 bits per heavy atom. The van der Waals surface area contributed by atoms with Gasteiger partial charge in [-0.05, 0) is 18.2 Å². The molecule has 0 fully saturated rings. The van der Waals surface area contributed by atoms with Crippen LogP contribution >= 0.6 is 22.9 Å². The maximum Gasteiger partial charge on any atom is 0.144 e. The molecule has 21 heavy (non-hydrogen) atoms. The van der Waals surface area contributed by atoms with Gasteiger partial charge < -0.3 is 9.84 Å². The fourth-order valence-corrected chi connectivity index (χ4v) is 3.51. The van der Waals surface area contributed by atoms with Crippen LogP contribution in [0.3, 0.4) is 0 Å². The van der Waals surface area contributed by atoms with Crippen molar-refractivity contribution in [2.45, 2.75) is 44.8 Å². The van der Waals surface area contributed by atoms with E-state index in [0.717, 1.165) is 16.3 Å². The van der Waals surface area contributed by atoms with Gasteiger partial charge in [0.2, 0.25) is 0 Å².